The van der Waals surface area contributed by atoms with E-state index in [2.05, 4.69) is 5.32 Å². The zero-order valence-corrected chi connectivity index (χ0v) is 16.8. The molecule has 1 N–H and O–H groups in total. The third kappa shape index (κ3) is 4.60. The standard InChI is InChI=1S/C18H22N2O5S2/c1-13(14-7-8-15-16(11-14)25-12-24-15)19-17(21)5-3-9-20(2)27(22,23)18-6-4-10-26-18/h4,6-8,10-11,13H,3,5,9,12H2,1-2H3,(H,19,21). The molecule has 0 saturated heterocycles. The Morgan fingerprint density at radius 1 is 1.30 bits per heavy atom. The van der Waals surface area contributed by atoms with Gasteiger partial charge in [0, 0.05) is 20.0 Å². The van der Waals surface area contributed by atoms with E-state index in [1.54, 1.807) is 17.5 Å². The number of hydrogen-bond acceptors (Lipinski definition) is 6. The first-order valence-electron chi connectivity index (χ1n) is 8.56. The van der Waals surface area contributed by atoms with E-state index >= 15 is 0 Å². The summed E-state index contributed by atoms with van der Waals surface area (Å²) < 4.78 is 36.9. The van der Waals surface area contributed by atoms with Gasteiger partial charge in [0.05, 0.1) is 6.04 Å². The zero-order chi connectivity index (χ0) is 19.4. The van der Waals surface area contributed by atoms with E-state index in [0.29, 0.717) is 22.1 Å². The Morgan fingerprint density at radius 2 is 2.07 bits per heavy atom. The average molecular weight is 411 g/mol. The van der Waals surface area contributed by atoms with E-state index in [-0.39, 0.29) is 31.7 Å². The molecule has 1 aliphatic heterocycles. The van der Waals surface area contributed by atoms with Gasteiger partial charge < -0.3 is 14.8 Å². The van der Waals surface area contributed by atoms with Crippen LogP contribution in [0.5, 0.6) is 11.5 Å². The summed E-state index contributed by atoms with van der Waals surface area (Å²) in [5.74, 6) is 1.25. The molecule has 3 rings (SSSR count). The van der Waals surface area contributed by atoms with Crippen LogP contribution in [-0.2, 0) is 14.8 Å². The van der Waals surface area contributed by atoms with Gasteiger partial charge >= 0.3 is 0 Å². The third-order valence-electron chi connectivity index (χ3n) is 4.31. The van der Waals surface area contributed by atoms with Crippen molar-refractivity contribution in [2.24, 2.45) is 0 Å². The van der Waals surface area contributed by atoms with E-state index in [0.717, 1.165) is 5.56 Å². The molecule has 0 bridgehead atoms. The maximum atomic E-state index is 12.3. The molecule has 0 fully saturated rings. The first-order chi connectivity index (χ1) is 12.9. The molecule has 146 valence electrons. The second-order valence-corrected chi connectivity index (χ2v) is 9.48. The minimum absolute atomic E-state index is 0.123. The van der Waals surface area contributed by atoms with Gasteiger partial charge in [-0.25, -0.2) is 12.7 Å². The van der Waals surface area contributed by atoms with Gasteiger partial charge in [-0.15, -0.1) is 11.3 Å². The Kier molecular flexibility index (Phi) is 6.03. The van der Waals surface area contributed by atoms with Crippen molar-refractivity contribution in [2.45, 2.75) is 30.0 Å². The molecule has 0 saturated carbocycles. The Bertz CT molecular complexity index is 896. The molecular formula is C18H22N2O5S2. The summed E-state index contributed by atoms with van der Waals surface area (Å²) in [6.45, 7) is 2.39. The number of carbonyl (C=O) groups is 1. The number of carbonyl (C=O) groups excluding carboxylic acids is 1. The number of nitrogens with one attached hydrogen (secondary N) is 1. The number of benzene rings is 1. The minimum Gasteiger partial charge on any atom is -0.454 e. The Morgan fingerprint density at radius 3 is 2.81 bits per heavy atom. The second kappa shape index (κ2) is 8.28. The fourth-order valence-electron chi connectivity index (χ4n) is 2.73. The van der Waals surface area contributed by atoms with Gasteiger partial charge in [0.1, 0.15) is 4.21 Å². The highest BCUT2D eigenvalue weighted by Gasteiger charge is 2.22. The molecule has 2 aromatic rings. The summed E-state index contributed by atoms with van der Waals surface area (Å²) in [6, 6.07) is 8.67. The lowest BCUT2D eigenvalue weighted by atomic mass is 10.1. The van der Waals surface area contributed by atoms with E-state index < -0.39 is 10.0 Å². The zero-order valence-electron chi connectivity index (χ0n) is 15.2. The Hall–Kier alpha value is -2.10. The van der Waals surface area contributed by atoms with Gasteiger partial charge in [-0.2, -0.15) is 0 Å². The molecule has 1 unspecified atom stereocenters. The number of amides is 1. The van der Waals surface area contributed by atoms with Crippen molar-refractivity contribution in [3.8, 4) is 11.5 Å². The van der Waals surface area contributed by atoms with Crippen LogP contribution in [0, 0.1) is 0 Å². The molecule has 0 aliphatic carbocycles. The molecule has 1 aromatic carbocycles. The molecule has 9 heteroatoms. The van der Waals surface area contributed by atoms with Crippen molar-refractivity contribution in [2.75, 3.05) is 20.4 Å². The Labute approximate surface area is 163 Å². The summed E-state index contributed by atoms with van der Waals surface area (Å²) in [4.78, 5) is 12.2. The summed E-state index contributed by atoms with van der Waals surface area (Å²) in [5.41, 5.74) is 0.921. The highest BCUT2D eigenvalue weighted by molar-refractivity contribution is 7.91. The van der Waals surface area contributed by atoms with Crippen LogP contribution in [-0.4, -0.2) is 39.0 Å². The molecule has 1 amide bonds. The highest BCUT2D eigenvalue weighted by atomic mass is 32.2. The van der Waals surface area contributed by atoms with Crippen molar-refractivity contribution in [3.05, 3.63) is 41.3 Å². The molecule has 2 heterocycles. The normalized spacial score (nSPS) is 14.3. The molecule has 0 radical (unpaired) electrons. The predicted molar refractivity (Wildman–Crippen MR) is 102 cm³/mol. The number of fused-ring (bicyclic) bond motifs is 1. The van der Waals surface area contributed by atoms with Crippen molar-refractivity contribution >= 4 is 27.3 Å². The van der Waals surface area contributed by atoms with Crippen molar-refractivity contribution < 1.29 is 22.7 Å². The van der Waals surface area contributed by atoms with Crippen molar-refractivity contribution in [1.29, 1.82) is 0 Å². The van der Waals surface area contributed by atoms with Gasteiger partial charge in [-0.1, -0.05) is 12.1 Å². The van der Waals surface area contributed by atoms with Crippen LogP contribution in [0.25, 0.3) is 0 Å². The van der Waals surface area contributed by atoms with Gasteiger partial charge in [-0.05, 0) is 42.5 Å². The molecule has 1 aromatic heterocycles. The van der Waals surface area contributed by atoms with Crippen LogP contribution in [0.2, 0.25) is 0 Å². The number of sulfonamides is 1. The Balaban J connectivity index is 1.47. The largest absolute Gasteiger partial charge is 0.454 e. The van der Waals surface area contributed by atoms with Crippen LogP contribution in [0.3, 0.4) is 0 Å². The molecule has 27 heavy (non-hydrogen) atoms. The van der Waals surface area contributed by atoms with Crippen LogP contribution in [0.4, 0.5) is 0 Å². The summed E-state index contributed by atoms with van der Waals surface area (Å²) >= 11 is 1.18. The number of hydrogen-bond donors (Lipinski definition) is 1. The smallest absolute Gasteiger partial charge is 0.252 e. The van der Waals surface area contributed by atoms with Gasteiger partial charge in [-0.3, -0.25) is 4.79 Å². The second-order valence-electron chi connectivity index (χ2n) is 6.26. The number of ether oxygens (including phenoxy) is 2. The summed E-state index contributed by atoms with van der Waals surface area (Å²) in [6.07, 6.45) is 0.694. The lowest BCUT2D eigenvalue weighted by Gasteiger charge is -2.17. The lowest BCUT2D eigenvalue weighted by Crippen LogP contribution is -2.30. The highest BCUT2D eigenvalue weighted by Crippen LogP contribution is 2.34. The first-order valence-corrected chi connectivity index (χ1v) is 10.9. The molecule has 1 atom stereocenters. The fraction of sp³-hybridized carbons (Fsp3) is 0.389. The SMILES string of the molecule is CC(NC(=O)CCCN(C)S(=O)(=O)c1cccs1)c1ccc2c(c1)OCO2. The summed E-state index contributed by atoms with van der Waals surface area (Å²) in [5, 5.41) is 4.65. The predicted octanol–water partition coefficient (Wildman–Crippen LogP) is 2.75. The maximum absolute atomic E-state index is 12.3. The van der Waals surface area contributed by atoms with Crippen LogP contribution >= 0.6 is 11.3 Å². The van der Waals surface area contributed by atoms with Gasteiger partial charge in [0.2, 0.25) is 12.7 Å². The average Bonchev–Trinajstić information content (AvgIpc) is 3.32. The van der Waals surface area contributed by atoms with Crippen LogP contribution < -0.4 is 14.8 Å². The van der Waals surface area contributed by atoms with E-state index in [9.17, 15) is 13.2 Å². The fourth-order valence-corrected chi connectivity index (χ4v) is 5.14. The van der Waals surface area contributed by atoms with Gasteiger partial charge in [0.25, 0.3) is 10.0 Å². The number of nitrogens with zero attached hydrogens (tertiary/aromatic N) is 1. The first kappa shape index (κ1) is 19.7. The van der Waals surface area contributed by atoms with Gasteiger partial charge in [0.15, 0.2) is 11.5 Å². The maximum Gasteiger partial charge on any atom is 0.252 e. The lowest BCUT2D eigenvalue weighted by molar-refractivity contribution is -0.121. The van der Waals surface area contributed by atoms with E-state index in [1.807, 2.05) is 25.1 Å². The van der Waals surface area contributed by atoms with Crippen molar-refractivity contribution in [1.82, 2.24) is 9.62 Å². The van der Waals surface area contributed by atoms with E-state index in [4.69, 9.17) is 9.47 Å². The number of rotatable bonds is 8. The van der Waals surface area contributed by atoms with Crippen LogP contribution in [0.15, 0.2) is 39.9 Å². The van der Waals surface area contributed by atoms with Crippen molar-refractivity contribution in [3.63, 3.8) is 0 Å². The minimum atomic E-state index is -3.47. The van der Waals surface area contributed by atoms with E-state index in [1.165, 1.54) is 22.7 Å². The molecule has 7 nitrogen and oxygen atoms in total. The topological polar surface area (TPSA) is 84.9 Å². The number of thiophene rings is 1. The monoisotopic (exact) mass is 410 g/mol. The molecule has 0 spiro atoms. The third-order valence-corrected chi connectivity index (χ3v) is 7.54. The quantitative estimate of drug-likeness (QED) is 0.723. The molecular weight excluding hydrogens is 388 g/mol. The van der Waals surface area contributed by atoms with Crippen LogP contribution in [0.1, 0.15) is 31.4 Å². The summed E-state index contributed by atoms with van der Waals surface area (Å²) in [7, 11) is -1.94. The molecule has 1 aliphatic rings.